The van der Waals surface area contributed by atoms with Gasteiger partial charge in [-0.15, -0.1) is 0 Å². The molecule has 0 aromatic heterocycles. The summed E-state index contributed by atoms with van der Waals surface area (Å²) < 4.78 is 2.56. The Morgan fingerprint density at radius 1 is 0.818 bits per heavy atom. The molecule has 3 heteroatoms. The Hall–Kier alpha value is -0.240. The first kappa shape index (κ1) is 21.8. The Bertz CT molecular complexity index is 395. The van der Waals surface area contributed by atoms with E-state index in [9.17, 15) is 0 Å². The molecule has 0 aromatic rings. The van der Waals surface area contributed by atoms with Crippen LogP contribution in [-0.2, 0) is 0 Å². The smallest absolute Gasteiger partial charge is 0.235 e. The van der Waals surface area contributed by atoms with Crippen LogP contribution in [0, 0.1) is 10.8 Å². The quantitative estimate of drug-likeness (QED) is 0.712. The van der Waals surface area contributed by atoms with Crippen molar-refractivity contribution in [3.63, 3.8) is 0 Å². The van der Waals surface area contributed by atoms with E-state index in [2.05, 4.69) is 85.1 Å². The highest BCUT2D eigenvalue weighted by Crippen LogP contribution is 2.33. The Morgan fingerprint density at radius 3 is 1.68 bits per heavy atom. The van der Waals surface area contributed by atoms with E-state index in [0.717, 1.165) is 13.1 Å². The first-order valence-electron chi connectivity index (χ1n) is 8.51. The number of nitrogens with zero attached hydrogens (tertiary/aromatic N) is 2. The summed E-state index contributed by atoms with van der Waals surface area (Å²) >= 11 is 0. The predicted molar refractivity (Wildman–Crippen MR) is 94.2 cm³/mol. The van der Waals surface area contributed by atoms with Crippen LogP contribution in [0.1, 0.15) is 82.1 Å². The minimum absolute atomic E-state index is 0. The van der Waals surface area contributed by atoms with Gasteiger partial charge in [-0.1, -0.05) is 41.5 Å². The fraction of sp³-hybridized carbons (Fsp3) is 0.947. The maximum absolute atomic E-state index is 2.56. The van der Waals surface area contributed by atoms with Crippen molar-refractivity contribution in [2.75, 3.05) is 13.1 Å². The van der Waals surface area contributed by atoms with Crippen molar-refractivity contribution in [3.05, 3.63) is 0 Å². The molecule has 0 bridgehead atoms. The van der Waals surface area contributed by atoms with Crippen LogP contribution in [0.15, 0.2) is 0 Å². The van der Waals surface area contributed by atoms with Gasteiger partial charge >= 0.3 is 0 Å². The zero-order valence-electron chi connectivity index (χ0n) is 16.7. The molecule has 0 aromatic carbocycles. The van der Waals surface area contributed by atoms with E-state index >= 15 is 0 Å². The van der Waals surface area contributed by atoms with Gasteiger partial charge < -0.3 is 12.4 Å². The lowest BCUT2D eigenvalue weighted by Crippen LogP contribution is -3.00. The lowest BCUT2D eigenvalue weighted by atomic mass is 9.81. The van der Waals surface area contributed by atoms with Gasteiger partial charge in [-0.3, -0.25) is 9.48 Å². The molecule has 1 heterocycles. The van der Waals surface area contributed by atoms with Crippen LogP contribution >= 0.6 is 0 Å². The van der Waals surface area contributed by atoms with Gasteiger partial charge in [-0.2, -0.15) is 0 Å². The molecule has 1 rings (SSSR count). The lowest BCUT2D eigenvalue weighted by Gasteiger charge is -2.34. The fourth-order valence-electron chi connectivity index (χ4n) is 4.22. The third kappa shape index (κ3) is 6.48. The summed E-state index contributed by atoms with van der Waals surface area (Å²) in [5.74, 6) is 0. The van der Waals surface area contributed by atoms with Crippen molar-refractivity contribution in [2.45, 2.75) is 93.2 Å². The van der Waals surface area contributed by atoms with Gasteiger partial charge in [0.15, 0.2) is 0 Å². The van der Waals surface area contributed by atoms with Gasteiger partial charge in [0.05, 0.1) is 0 Å². The zero-order chi connectivity index (χ0) is 16.7. The van der Waals surface area contributed by atoms with Crippen molar-refractivity contribution >= 4 is 6.34 Å². The molecule has 0 fully saturated rings. The van der Waals surface area contributed by atoms with Crippen molar-refractivity contribution in [2.24, 2.45) is 10.8 Å². The number of hydrogen-bond acceptors (Lipinski definition) is 1. The van der Waals surface area contributed by atoms with E-state index in [4.69, 9.17) is 0 Å². The average Bonchev–Trinajstić information content (AvgIpc) is 2.57. The number of rotatable bonds is 4. The van der Waals surface area contributed by atoms with E-state index in [0.29, 0.717) is 10.8 Å². The fourth-order valence-corrected chi connectivity index (χ4v) is 4.22. The Balaban J connectivity index is 0.00000441. The molecule has 0 N–H and O–H groups in total. The second-order valence-corrected chi connectivity index (χ2v) is 10.6. The minimum Gasteiger partial charge on any atom is -1.00 e. The molecule has 0 saturated carbocycles. The summed E-state index contributed by atoms with van der Waals surface area (Å²) in [5, 5.41) is 0. The molecular formula is C19H39ClN2. The van der Waals surface area contributed by atoms with Gasteiger partial charge in [0.25, 0.3) is 0 Å². The Morgan fingerprint density at radius 2 is 1.27 bits per heavy atom. The van der Waals surface area contributed by atoms with E-state index < -0.39 is 0 Å². The standard InChI is InChI=1S/C19H39N2.ClH/c1-16(2,3)13-18(7,8)20-11-12-21(15-20)19(9,10)14-17(4,5)6;/h15H,11-14H2,1-10H3;1H/q+1;/p-1. The molecule has 0 spiro atoms. The van der Waals surface area contributed by atoms with Crippen molar-refractivity contribution < 1.29 is 17.0 Å². The summed E-state index contributed by atoms with van der Waals surface area (Å²) in [5.41, 5.74) is 1.19. The molecule has 0 radical (unpaired) electrons. The lowest BCUT2D eigenvalue weighted by molar-refractivity contribution is -0.592. The van der Waals surface area contributed by atoms with E-state index in [1.807, 2.05) is 0 Å². The van der Waals surface area contributed by atoms with Crippen LogP contribution in [0.2, 0.25) is 0 Å². The third-order valence-electron chi connectivity index (χ3n) is 4.34. The van der Waals surface area contributed by atoms with Crippen LogP contribution < -0.4 is 12.4 Å². The van der Waals surface area contributed by atoms with Gasteiger partial charge in [0.1, 0.15) is 24.2 Å². The molecule has 0 saturated heterocycles. The molecule has 0 atom stereocenters. The predicted octanol–water partition coefficient (Wildman–Crippen LogP) is 1.78. The highest BCUT2D eigenvalue weighted by molar-refractivity contribution is 5.52. The maximum atomic E-state index is 2.56. The summed E-state index contributed by atoms with van der Waals surface area (Å²) in [7, 11) is 0. The van der Waals surface area contributed by atoms with Crippen molar-refractivity contribution in [3.8, 4) is 0 Å². The van der Waals surface area contributed by atoms with Gasteiger partial charge in [0.2, 0.25) is 6.34 Å². The monoisotopic (exact) mass is 330 g/mol. The topological polar surface area (TPSA) is 6.25 Å². The average molecular weight is 331 g/mol. The first-order valence-corrected chi connectivity index (χ1v) is 8.51. The molecule has 2 nitrogen and oxygen atoms in total. The molecule has 0 unspecified atom stereocenters. The summed E-state index contributed by atoms with van der Waals surface area (Å²) in [6.07, 6.45) is 4.82. The normalized spacial score (nSPS) is 17.4. The van der Waals surface area contributed by atoms with E-state index in [1.165, 1.54) is 12.8 Å². The highest BCUT2D eigenvalue weighted by Gasteiger charge is 2.41. The van der Waals surface area contributed by atoms with Crippen molar-refractivity contribution in [1.29, 1.82) is 0 Å². The van der Waals surface area contributed by atoms with Crippen LogP contribution in [0.5, 0.6) is 0 Å². The van der Waals surface area contributed by atoms with Crippen LogP contribution in [-0.4, -0.2) is 40.0 Å². The van der Waals surface area contributed by atoms with E-state index in [-0.39, 0.29) is 23.5 Å². The van der Waals surface area contributed by atoms with Crippen molar-refractivity contribution in [1.82, 2.24) is 4.90 Å². The maximum Gasteiger partial charge on any atom is 0.235 e. The zero-order valence-corrected chi connectivity index (χ0v) is 17.4. The van der Waals surface area contributed by atoms with Gasteiger partial charge in [0, 0.05) is 0 Å². The Kier molecular flexibility index (Phi) is 6.64. The molecule has 22 heavy (non-hydrogen) atoms. The summed E-state index contributed by atoms with van der Waals surface area (Å²) in [4.78, 5) is 2.56. The number of halogens is 1. The number of hydrogen-bond donors (Lipinski definition) is 0. The van der Waals surface area contributed by atoms with Gasteiger partial charge in [-0.05, 0) is 51.4 Å². The molecule has 1 aliphatic rings. The van der Waals surface area contributed by atoms with Crippen LogP contribution in [0.25, 0.3) is 0 Å². The van der Waals surface area contributed by atoms with Crippen LogP contribution in [0.3, 0.4) is 0 Å². The highest BCUT2D eigenvalue weighted by atomic mass is 35.5. The second kappa shape index (κ2) is 6.71. The first-order chi connectivity index (χ1) is 9.12. The minimum atomic E-state index is 0. The molecule has 0 amide bonds. The molecule has 132 valence electrons. The molecule has 0 aliphatic carbocycles. The molecule has 1 aliphatic heterocycles. The second-order valence-electron chi connectivity index (χ2n) is 10.6. The summed E-state index contributed by atoms with van der Waals surface area (Å²) in [6, 6.07) is 0. The summed E-state index contributed by atoms with van der Waals surface area (Å²) in [6.45, 7) is 25.9. The van der Waals surface area contributed by atoms with Gasteiger partial charge in [-0.25, -0.2) is 0 Å². The Labute approximate surface area is 145 Å². The largest absolute Gasteiger partial charge is 1.00 e. The molecular weight excluding hydrogens is 292 g/mol. The van der Waals surface area contributed by atoms with Crippen LogP contribution in [0.4, 0.5) is 0 Å². The SMILES string of the molecule is CC(C)(C)CC(C)(C)N1C=[N+](C(C)(C)CC(C)(C)C)CC1.[Cl-]. The third-order valence-corrected chi connectivity index (χ3v) is 4.34. The van der Waals surface area contributed by atoms with E-state index in [1.54, 1.807) is 0 Å².